The van der Waals surface area contributed by atoms with Crippen LogP contribution in [-0.4, -0.2) is 46.7 Å². The quantitative estimate of drug-likeness (QED) is 0.754. The van der Waals surface area contributed by atoms with Crippen LogP contribution in [0.2, 0.25) is 0 Å². The molecule has 7 heteroatoms. The Morgan fingerprint density at radius 2 is 1.85 bits per heavy atom. The van der Waals surface area contributed by atoms with Gasteiger partial charge in [0.05, 0.1) is 0 Å². The third-order valence-corrected chi connectivity index (χ3v) is 4.97. The van der Waals surface area contributed by atoms with E-state index in [2.05, 4.69) is 17.4 Å². The van der Waals surface area contributed by atoms with Crippen molar-refractivity contribution in [3.63, 3.8) is 0 Å². The van der Waals surface area contributed by atoms with Gasteiger partial charge in [-0.15, -0.1) is 0 Å². The van der Waals surface area contributed by atoms with Crippen LogP contribution < -0.4 is 5.32 Å². The number of piperidine rings is 1. The second-order valence-electron chi connectivity index (χ2n) is 6.83. The number of aryl methyl sites for hydroxylation is 2. The van der Waals surface area contributed by atoms with Crippen molar-refractivity contribution in [1.29, 1.82) is 0 Å². The van der Waals surface area contributed by atoms with E-state index in [1.165, 1.54) is 28.9 Å². The highest BCUT2D eigenvalue weighted by molar-refractivity contribution is 6.19. The van der Waals surface area contributed by atoms with Gasteiger partial charge in [-0.1, -0.05) is 18.2 Å². The number of carbonyl (C=O) groups excluding carboxylic acids is 3. The van der Waals surface area contributed by atoms with Crippen molar-refractivity contribution in [3.05, 3.63) is 34.9 Å². The van der Waals surface area contributed by atoms with E-state index in [4.69, 9.17) is 5.11 Å². The first kappa shape index (κ1) is 18.1. The monoisotopic (exact) mass is 358 g/mol. The molecule has 0 aromatic heterocycles. The van der Waals surface area contributed by atoms with Crippen LogP contribution in [0.15, 0.2) is 18.2 Å². The van der Waals surface area contributed by atoms with Gasteiger partial charge in [0.1, 0.15) is 6.54 Å². The number of nitrogens with zero attached hydrogens (tertiary/aromatic N) is 1. The first-order valence-electron chi connectivity index (χ1n) is 8.87. The lowest BCUT2D eigenvalue weighted by molar-refractivity contribution is -0.152. The third-order valence-electron chi connectivity index (χ3n) is 4.97. The van der Waals surface area contributed by atoms with Crippen LogP contribution in [0.1, 0.15) is 36.0 Å². The predicted molar refractivity (Wildman–Crippen MR) is 92.3 cm³/mol. The number of amides is 2. The van der Waals surface area contributed by atoms with Crippen LogP contribution in [0.25, 0.3) is 0 Å². The minimum absolute atomic E-state index is 0.0990. The Morgan fingerprint density at radius 1 is 1.12 bits per heavy atom. The summed E-state index contributed by atoms with van der Waals surface area (Å²) in [5.74, 6) is -4.51. The molecule has 2 N–H and O–H groups in total. The minimum atomic E-state index is -1.44. The van der Waals surface area contributed by atoms with Crippen LogP contribution in [0, 0.1) is 5.92 Å². The number of likely N-dealkylation sites (tertiary alicyclic amines) is 1. The molecular formula is C19H22N2O5. The molecule has 3 rings (SSSR count). The van der Waals surface area contributed by atoms with Crippen LogP contribution in [0.3, 0.4) is 0 Å². The van der Waals surface area contributed by atoms with Crippen LogP contribution in [0.4, 0.5) is 0 Å². The van der Waals surface area contributed by atoms with E-state index >= 15 is 0 Å². The lowest BCUT2D eigenvalue weighted by Gasteiger charge is -2.31. The highest BCUT2D eigenvalue weighted by atomic mass is 16.4. The van der Waals surface area contributed by atoms with E-state index in [-0.39, 0.29) is 13.0 Å². The van der Waals surface area contributed by atoms with Crippen molar-refractivity contribution in [3.8, 4) is 0 Å². The number of ketones is 1. The van der Waals surface area contributed by atoms with Gasteiger partial charge >= 0.3 is 5.97 Å². The molecule has 0 saturated carbocycles. The first-order chi connectivity index (χ1) is 12.5. The molecule has 0 radical (unpaired) electrons. The molecule has 1 unspecified atom stereocenters. The SMILES string of the molecule is O=C(O)CNC(=O)C1C(=O)CCN(Cc2ccc3c(c2)CCCC3)C1=O. The summed E-state index contributed by atoms with van der Waals surface area (Å²) in [5.41, 5.74) is 3.65. The van der Waals surface area contributed by atoms with Gasteiger partial charge in [-0.2, -0.15) is 0 Å². The summed E-state index contributed by atoms with van der Waals surface area (Å²) in [5, 5.41) is 10.8. The maximum atomic E-state index is 12.6. The molecule has 1 aliphatic heterocycles. The number of nitrogens with one attached hydrogen (secondary N) is 1. The van der Waals surface area contributed by atoms with Crippen molar-refractivity contribution >= 4 is 23.6 Å². The summed E-state index contributed by atoms with van der Waals surface area (Å²) in [6, 6.07) is 6.20. The number of aliphatic carboxylic acids is 1. The number of rotatable bonds is 5. The zero-order valence-electron chi connectivity index (χ0n) is 14.5. The molecule has 0 spiro atoms. The summed E-state index contributed by atoms with van der Waals surface area (Å²) in [6.07, 6.45) is 4.59. The number of hydrogen-bond acceptors (Lipinski definition) is 4. The van der Waals surface area contributed by atoms with Gasteiger partial charge in [-0.25, -0.2) is 0 Å². The lowest BCUT2D eigenvalue weighted by Crippen LogP contribution is -2.52. The number of benzene rings is 1. The summed E-state index contributed by atoms with van der Waals surface area (Å²) in [6.45, 7) is 0.0142. The van der Waals surface area contributed by atoms with E-state index in [0.29, 0.717) is 6.54 Å². The fourth-order valence-electron chi connectivity index (χ4n) is 3.61. The number of carboxylic acids is 1. The number of carbonyl (C=O) groups is 4. The number of carboxylic acid groups (broad SMARTS) is 1. The van der Waals surface area contributed by atoms with Crippen molar-refractivity contribution in [2.45, 2.75) is 38.6 Å². The van der Waals surface area contributed by atoms with Crippen molar-refractivity contribution in [2.24, 2.45) is 5.92 Å². The van der Waals surface area contributed by atoms with Gasteiger partial charge in [-0.3, -0.25) is 19.2 Å². The Labute approximate surface area is 151 Å². The summed E-state index contributed by atoms with van der Waals surface area (Å²) in [7, 11) is 0. The van der Waals surface area contributed by atoms with E-state index in [9.17, 15) is 19.2 Å². The molecule has 138 valence electrons. The zero-order chi connectivity index (χ0) is 18.7. The Kier molecular flexibility index (Phi) is 5.35. The fraction of sp³-hybridized carbons (Fsp3) is 0.474. The molecular weight excluding hydrogens is 336 g/mol. The van der Waals surface area contributed by atoms with Gasteiger partial charge in [0.15, 0.2) is 11.7 Å². The Morgan fingerprint density at radius 3 is 2.58 bits per heavy atom. The fourth-order valence-corrected chi connectivity index (χ4v) is 3.61. The standard InChI is InChI=1S/C19H22N2O5/c22-15-7-8-21(19(26)17(15)18(25)20-10-16(23)24)11-12-5-6-13-3-1-2-4-14(13)9-12/h5-6,9,17H,1-4,7-8,10-11H2,(H,20,25)(H,23,24). The van der Waals surface area contributed by atoms with Gasteiger partial charge in [0, 0.05) is 19.5 Å². The molecule has 1 aromatic rings. The molecule has 1 heterocycles. The first-order valence-corrected chi connectivity index (χ1v) is 8.87. The Bertz CT molecular complexity index is 758. The maximum absolute atomic E-state index is 12.6. The second-order valence-corrected chi connectivity index (χ2v) is 6.83. The van der Waals surface area contributed by atoms with Crippen molar-refractivity contribution < 1.29 is 24.3 Å². The summed E-state index contributed by atoms with van der Waals surface area (Å²) < 4.78 is 0. The molecule has 26 heavy (non-hydrogen) atoms. The van der Waals surface area contributed by atoms with Gasteiger partial charge in [-0.05, 0) is 42.4 Å². The normalized spacial score (nSPS) is 19.8. The molecule has 1 fully saturated rings. The van der Waals surface area contributed by atoms with Crippen LogP contribution in [0.5, 0.6) is 0 Å². The lowest BCUT2D eigenvalue weighted by atomic mass is 9.90. The van der Waals surface area contributed by atoms with E-state index in [1.54, 1.807) is 0 Å². The van der Waals surface area contributed by atoms with E-state index in [1.807, 2.05) is 6.07 Å². The molecule has 1 atom stereocenters. The zero-order valence-corrected chi connectivity index (χ0v) is 14.5. The van der Waals surface area contributed by atoms with Gasteiger partial charge in [0.2, 0.25) is 11.8 Å². The predicted octanol–water partition coefficient (Wildman–Crippen LogP) is 0.684. The summed E-state index contributed by atoms with van der Waals surface area (Å²) >= 11 is 0. The average Bonchev–Trinajstić information content (AvgIpc) is 2.62. The highest BCUT2D eigenvalue weighted by Gasteiger charge is 2.40. The maximum Gasteiger partial charge on any atom is 0.322 e. The van der Waals surface area contributed by atoms with Gasteiger partial charge < -0.3 is 15.3 Å². The molecule has 7 nitrogen and oxygen atoms in total. The number of Topliss-reactive ketones (excluding diaryl/α,β-unsaturated/α-hetero) is 1. The van der Waals surface area contributed by atoms with Crippen LogP contribution in [-0.2, 0) is 38.6 Å². The molecule has 1 saturated heterocycles. The molecule has 1 aliphatic carbocycles. The molecule has 0 bridgehead atoms. The Hall–Kier alpha value is -2.70. The average molecular weight is 358 g/mol. The molecule has 2 amide bonds. The van der Waals surface area contributed by atoms with Crippen LogP contribution >= 0.6 is 0 Å². The smallest absolute Gasteiger partial charge is 0.322 e. The largest absolute Gasteiger partial charge is 0.480 e. The number of hydrogen-bond donors (Lipinski definition) is 2. The molecule has 1 aromatic carbocycles. The van der Waals surface area contributed by atoms with Crippen molar-refractivity contribution in [1.82, 2.24) is 10.2 Å². The minimum Gasteiger partial charge on any atom is -0.480 e. The summed E-state index contributed by atoms with van der Waals surface area (Å²) in [4.78, 5) is 48.8. The number of fused-ring (bicyclic) bond motifs is 1. The Balaban J connectivity index is 1.70. The van der Waals surface area contributed by atoms with Crippen molar-refractivity contribution in [2.75, 3.05) is 13.1 Å². The van der Waals surface area contributed by atoms with E-state index in [0.717, 1.165) is 18.4 Å². The third kappa shape index (κ3) is 3.92. The topological polar surface area (TPSA) is 104 Å². The highest BCUT2D eigenvalue weighted by Crippen LogP contribution is 2.24. The van der Waals surface area contributed by atoms with E-state index < -0.39 is 36.0 Å². The van der Waals surface area contributed by atoms with Gasteiger partial charge in [0.25, 0.3) is 0 Å². The molecule has 2 aliphatic rings. The second kappa shape index (κ2) is 7.68.